The molecule has 0 fully saturated rings. The number of para-hydroxylation sites is 1. The van der Waals surface area contributed by atoms with Crippen LogP contribution in [0.1, 0.15) is 19.4 Å². The molecule has 3 rings (SSSR count). The quantitative estimate of drug-likeness (QED) is 0.297. The van der Waals surface area contributed by atoms with Crippen molar-refractivity contribution in [2.45, 2.75) is 18.7 Å². The topological polar surface area (TPSA) is 36.4 Å². The van der Waals surface area contributed by atoms with E-state index in [9.17, 15) is 4.79 Å². The van der Waals surface area contributed by atoms with Crippen molar-refractivity contribution in [1.82, 2.24) is 9.88 Å². The Kier molecular flexibility index (Phi) is 9.85. The van der Waals surface area contributed by atoms with E-state index in [1.165, 1.54) is 0 Å². The number of fused-ring (bicyclic) bond motifs is 1. The van der Waals surface area contributed by atoms with Gasteiger partial charge in [0.1, 0.15) is 0 Å². The molecule has 4 nitrogen and oxygen atoms in total. The fourth-order valence-corrected chi connectivity index (χ4v) is 4.75. The number of thiazole rings is 1. The number of thioether (sulfide) groups is 1. The molecule has 0 aliphatic carbocycles. The van der Waals surface area contributed by atoms with Crippen molar-refractivity contribution >= 4 is 62.8 Å². The Labute approximate surface area is 193 Å². The molecule has 30 heavy (non-hydrogen) atoms. The molecule has 0 unspecified atom stereocenters. The monoisotopic (exact) mass is 461 g/mol. The predicted octanol–water partition coefficient (Wildman–Crippen LogP) is 5.83. The smallest absolute Gasteiger partial charge is 0.252 e. The molecule has 0 radical (unpaired) electrons. The zero-order valence-corrected chi connectivity index (χ0v) is 20.0. The SMILES string of the molecule is CCN(CC)CCN(C(=O)C=Cc1ccccc1)c1nc2c(SC)cccc2s1.Cl. The molecule has 0 spiro atoms. The lowest BCUT2D eigenvalue weighted by molar-refractivity contribution is -0.114. The van der Waals surface area contributed by atoms with Crippen LogP contribution in [0, 0.1) is 0 Å². The van der Waals surface area contributed by atoms with E-state index >= 15 is 0 Å². The highest BCUT2D eigenvalue weighted by atomic mass is 35.5. The lowest BCUT2D eigenvalue weighted by atomic mass is 10.2. The van der Waals surface area contributed by atoms with Crippen molar-refractivity contribution in [2.75, 3.05) is 37.3 Å². The van der Waals surface area contributed by atoms with Gasteiger partial charge in [0.25, 0.3) is 5.91 Å². The number of benzene rings is 2. The third-order valence-electron chi connectivity index (χ3n) is 4.84. The highest BCUT2D eigenvalue weighted by Crippen LogP contribution is 2.34. The molecular weight excluding hydrogens is 434 g/mol. The first kappa shape index (κ1) is 24.4. The molecule has 0 atom stereocenters. The van der Waals surface area contributed by atoms with Crippen molar-refractivity contribution in [3.05, 3.63) is 60.2 Å². The summed E-state index contributed by atoms with van der Waals surface area (Å²) in [6.07, 6.45) is 5.58. The number of aromatic nitrogens is 1. The van der Waals surface area contributed by atoms with E-state index in [2.05, 4.69) is 37.1 Å². The number of halogens is 1. The van der Waals surface area contributed by atoms with Gasteiger partial charge in [0.15, 0.2) is 5.13 Å². The zero-order chi connectivity index (χ0) is 20.6. The fraction of sp³-hybridized carbons (Fsp3) is 0.304. The largest absolute Gasteiger partial charge is 0.302 e. The van der Waals surface area contributed by atoms with Crippen LogP contribution in [0.15, 0.2) is 59.5 Å². The Morgan fingerprint density at radius 3 is 2.47 bits per heavy atom. The Morgan fingerprint density at radius 1 is 1.07 bits per heavy atom. The molecule has 0 N–H and O–H groups in total. The first-order valence-corrected chi connectivity index (χ1v) is 11.9. The van der Waals surface area contributed by atoms with E-state index in [4.69, 9.17) is 4.98 Å². The van der Waals surface area contributed by atoms with Crippen LogP contribution in [0.5, 0.6) is 0 Å². The number of hydrogen-bond acceptors (Lipinski definition) is 5. The maximum Gasteiger partial charge on any atom is 0.252 e. The first-order valence-electron chi connectivity index (χ1n) is 9.86. The van der Waals surface area contributed by atoms with Gasteiger partial charge in [-0.25, -0.2) is 4.98 Å². The second kappa shape index (κ2) is 12.1. The summed E-state index contributed by atoms with van der Waals surface area (Å²) < 4.78 is 1.11. The molecule has 7 heteroatoms. The Bertz CT molecular complexity index is 971. The average molecular weight is 462 g/mol. The standard InChI is InChI=1S/C23H27N3OS2.ClH/c1-4-25(5-2)16-17-26(21(27)15-14-18-10-7-6-8-11-18)23-24-22-19(28-3)12-9-13-20(22)29-23;/h6-15H,4-5,16-17H2,1-3H3;1H. The van der Waals surface area contributed by atoms with Gasteiger partial charge in [-0.3, -0.25) is 9.69 Å². The molecule has 3 aromatic rings. The van der Waals surface area contributed by atoms with Crippen molar-refractivity contribution < 1.29 is 4.79 Å². The molecule has 0 aliphatic rings. The van der Waals surface area contributed by atoms with Crippen molar-refractivity contribution in [3.63, 3.8) is 0 Å². The predicted molar refractivity (Wildman–Crippen MR) is 134 cm³/mol. The number of hydrogen-bond donors (Lipinski definition) is 0. The van der Waals surface area contributed by atoms with Gasteiger partial charge >= 0.3 is 0 Å². The zero-order valence-electron chi connectivity index (χ0n) is 17.6. The Balaban J connectivity index is 0.00000320. The number of carbonyl (C=O) groups excluding carboxylic acids is 1. The van der Waals surface area contributed by atoms with Crippen LogP contribution >= 0.6 is 35.5 Å². The van der Waals surface area contributed by atoms with Crippen LogP contribution in [-0.2, 0) is 4.79 Å². The number of likely N-dealkylation sites (N-methyl/N-ethyl adjacent to an activating group) is 1. The molecule has 1 aromatic heterocycles. The third kappa shape index (κ3) is 6.08. The fourth-order valence-electron chi connectivity index (χ4n) is 3.09. The molecule has 160 valence electrons. The third-order valence-corrected chi connectivity index (χ3v) is 6.65. The summed E-state index contributed by atoms with van der Waals surface area (Å²) >= 11 is 3.26. The highest BCUT2D eigenvalue weighted by Gasteiger charge is 2.19. The van der Waals surface area contributed by atoms with Gasteiger partial charge in [-0.2, -0.15) is 0 Å². The number of nitrogens with zero attached hydrogens (tertiary/aromatic N) is 3. The minimum atomic E-state index is -0.0363. The summed E-state index contributed by atoms with van der Waals surface area (Å²) in [5.41, 5.74) is 1.99. The van der Waals surface area contributed by atoms with E-state index in [0.29, 0.717) is 6.54 Å². The van der Waals surface area contributed by atoms with Crippen LogP contribution < -0.4 is 4.90 Å². The molecule has 1 heterocycles. The van der Waals surface area contributed by atoms with Crippen molar-refractivity contribution in [3.8, 4) is 0 Å². The normalized spacial score (nSPS) is 11.2. The van der Waals surface area contributed by atoms with Gasteiger partial charge in [0.2, 0.25) is 0 Å². The second-order valence-electron chi connectivity index (χ2n) is 6.56. The van der Waals surface area contributed by atoms with Gasteiger partial charge in [-0.15, -0.1) is 24.2 Å². The van der Waals surface area contributed by atoms with E-state index < -0.39 is 0 Å². The van der Waals surface area contributed by atoms with Crippen LogP contribution in [0.4, 0.5) is 5.13 Å². The number of amides is 1. The van der Waals surface area contributed by atoms with Gasteiger partial charge in [-0.05, 0) is 43.1 Å². The van der Waals surface area contributed by atoms with Crippen molar-refractivity contribution in [1.29, 1.82) is 0 Å². The van der Waals surface area contributed by atoms with E-state index in [1.54, 1.807) is 29.2 Å². The van der Waals surface area contributed by atoms with Gasteiger partial charge in [0, 0.05) is 24.1 Å². The number of rotatable bonds is 9. The van der Waals surface area contributed by atoms with E-state index in [1.807, 2.05) is 47.4 Å². The molecule has 0 aliphatic heterocycles. The minimum Gasteiger partial charge on any atom is -0.302 e. The first-order chi connectivity index (χ1) is 14.2. The summed E-state index contributed by atoms with van der Waals surface area (Å²) in [6.45, 7) is 7.67. The maximum atomic E-state index is 13.1. The summed E-state index contributed by atoms with van der Waals surface area (Å²) in [7, 11) is 0. The maximum absolute atomic E-state index is 13.1. The summed E-state index contributed by atoms with van der Waals surface area (Å²) in [6, 6.07) is 16.1. The van der Waals surface area contributed by atoms with E-state index in [0.717, 1.165) is 45.4 Å². The number of anilines is 1. The van der Waals surface area contributed by atoms with Crippen LogP contribution in [0.3, 0.4) is 0 Å². The second-order valence-corrected chi connectivity index (χ2v) is 8.42. The average Bonchev–Trinajstić information content (AvgIpc) is 3.20. The van der Waals surface area contributed by atoms with E-state index in [-0.39, 0.29) is 18.3 Å². The lowest BCUT2D eigenvalue weighted by Gasteiger charge is -2.23. The molecular formula is C23H28ClN3OS2. The summed E-state index contributed by atoms with van der Waals surface area (Å²) in [5, 5.41) is 0.761. The summed E-state index contributed by atoms with van der Waals surface area (Å²) in [5.74, 6) is -0.0363. The molecule has 1 amide bonds. The Morgan fingerprint density at radius 2 is 1.80 bits per heavy atom. The summed E-state index contributed by atoms with van der Waals surface area (Å²) in [4.78, 5) is 23.2. The minimum absolute atomic E-state index is 0. The Hall–Kier alpha value is -1.86. The van der Waals surface area contributed by atoms with Gasteiger partial charge in [0.05, 0.1) is 10.2 Å². The van der Waals surface area contributed by atoms with Crippen LogP contribution in [0.2, 0.25) is 0 Å². The van der Waals surface area contributed by atoms with Crippen LogP contribution in [0.25, 0.3) is 16.3 Å². The van der Waals surface area contributed by atoms with Gasteiger partial charge in [-0.1, -0.05) is 61.6 Å². The number of carbonyl (C=O) groups is 1. The highest BCUT2D eigenvalue weighted by molar-refractivity contribution is 7.98. The molecule has 0 saturated heterocycles. The van der Waals surface area contributed by atoms with Crippen LogP contribution in [-0.4, -0.2) is 48.2 Å². The molecule has 0 saturated carbocycles. The lowest BCUT2D eigenvalue weighted by Crippen LogP contribution is -2.38. The van der Waals surface area contributed by atoms with Crippen molar-refractivity contribution in [2.24, 2.45) is 0 Å². The molecule has 2 aromatic carbocycles. The van der Waals surface area contributed by atoms with Gasteiger partial charge < -0.3 is 4.90 Å². The molecule has 0 bridgehead atoms.